The molecule has 1 aliphatic rings. The fourth-order valence-corrected chi connectivity index (χ4v) is 4.42. The molecule has 1 saturated heterocycles. The van der Waals surface area contributed by atoms with E-state index in [1.807, 2.05) is 49.3 Å². The lowest BCUT2D eigenvalue weighted by Gasteiger charge is -2.32. The number of thioether (sulfide) groups is 1. The van der Waals surface area contributed by atoms with Gasteiger partial charge in [-0.15, -0.1) is 11.8 Å². The second kappa shape index (κ2) is 8.74. The second-order valence-corrected chi connectivity index (χ2v) is 8.00. The number of aromatic amines is 1. The molecule has 1 fully saturated rings. The van der Waals surface area contributed by atoms with E-state index in [9.17, 15) is 9.59 Å². The van der Waals surface area contributed by atoms with Crippen LogP contribution in [0.25, 0.3) is 0 Å². The number of carbonyl (C=O) groups is 2. The van der Waals surface area contributed by atoms with Crippen LogP contribution in [0.15, 0.2) is 29.2 Å². The van der Waals surface area contributed by atoms with Crippen LogP contribution in [0.4, 0.5) is 0 Å². The number of nitrogens with zero attached hydrogens (tertiary/aromatic N) is 2. The molecule has 27 heavy (non-hydrogen) atoms. The molecule has 0 unspecified atom stereocenters. The standard InChI is InChI=1S/C21H27N3O2S/c1-14-17(15(2)23-22-14)10-11-20(25)24-12-6-7-16(13-24)21(26)18-8-4-5-9-19(18)27-3/h4-5,8-9,16H,6-7,10-13H2,1-3H3,(H,22,23)/t16-/m1/s1. The number of aromatic nitrogens is 2. The van der Waals surface area contributed by atoms with E-state index in [1.165, 1.54) is 0 Å². The summed E-state index contributed by atoms with van der Waals surface area (Å²) in [7, 11) is 0. The van der Waals surface area contributed by atoms with Gasteiger partial charge in [0.15, 0.2) is 5.78 Å². The smallest absolute Gasteiger partial charge is 0.222 e. The Morgan fingerprint density at radius 2 is 2.07 bits per heavy atom. The molecule has 0 saturated carbocycles. The number of hydrogen-bond donors (Lipinski definition) is 1. The maximum absolute atomic E-state index is 13.0. The predicted octanol–water partition coefficient (Wildman–Crippen LogP) is 3.80. The van der Waals surface area contributed by atoms with Crippen LogP contribution in [-0.4, -0.2) is 46.1 Å². The van der Waals surface area contributed by atoms with Crippen molar-refractivity contribution in [1.29, 1.82) is 0 Å². The van der Waals surface area contributed by atoms with Crippen LogP contribution >= 0.6 is 11.8 Å². The molecule has 2 aromatic rings. The van der Waals surface area contributed by atoms with Crippen LogP contribution in [0.1, 0.15) is 46.6 Å². The number of nitrogens with one attached hydrogen (secondary N) is 1. The number of aryl methyl sites for hydroxylation is 2. The fourth-order valence-electron chi connectivity index (χ4n) is 3.82. The van der Waals surface area contributed by atoms with E-state index in [0.717, 1.165) is 46.8 Å². The molecular weight excluding hydrogens is 358 g/mol. The third-order valence-electron chi connectivity index (χ3n) is 5.39. The van der Waals surface area contributed by atoms with Crippen LogP contribution in [0.5, 0.6) is 0 Å². The Morgan fingerprint density at radius 3 is 2.78 bits per heavy atom. The predicted molar refractivity (Wildman–Crippen MR) is 108 cm³/mol. The topological polar surface area (TPSA) is 66.1 Å². The highest BCUT2D eigenvalue weighted by molar-refractivity contribution is 7.98. The summed E-state index contributed by atoms with van der Waals surface area (Å²) in [4.78, 5) is 28.6. The van der Waals surface area contributed by atoms with E-state index in [-0.39, 0.29) is 17.6 Å². The van der Waals surface area contributed by atoms with Gasteiger partial charge in [0.05, 0.1) is 5.69 Å². The van der Waals surface area contributed by atoms with Crippen molar-refractivity contribution < 1.29 is 9.59 Å². The van der Waals surface area contributed by atoms with Gasteiger partial charge in [-0.3, -0.25) is 14.7 Å². The van der Waals surface area contributed by atoms with E-state index in [1.54, 1.807) is 11.8 Å². The maximum Gasteiger partial charge on any atom is 0.222 e. The SMILES string of the molecule is CSc1ccccc1C(=O)[C@@H]1CCCN(C(=O)CCc2c(C)n[nH]c2C)C1. The van der Waals surface area contributed by atoms with Gasteiger partial charge in [-0.2, -0.15) is 5.10 Å². The van der Waals surface area contributed by atoms with Crippen molar-refractivity contribution in [3.8, 4) is 0 Å². The summed E-state index contributed by atoms with van der Waals surface area (Å²) in [6.07, 6.45) is 4.88. The molecule has 6 heteroatoms. The molecule has 1 atom stereocenters. The summed E-state index contributed by atoms with van der Waals surface area (Å²) in [5.74, 6) is 0.193. The molecule has 0 bridgehead atoms. The summed E-state index contributed by atoms with van der Waals surface area (Å²) < 4.78 is 0. The van der Waals surface area contributed by atoms with Gasteiger partial charge >= 0.3 is 0 Å². The lowest BCUT2D eigenvalue weighted by molar-refractivity contribution is -0.132. The van der Waals surface area contributed by atoms with Crippen LogP contribution in [0, 0.1) is 19.8 Å². The first-order chi connectivity index (χ1) is 13.0. The van der Waals surface area contributed by atoms with E-state index in [0.29, 0.717) is 19.4 Å². The van der Waals surface area contributed by atoms with Gasteiger partial charge in [-0.25, -0.2) is 0 Å². The van der Waals surface area contributed by atoms with Gasteiger partial charge in [0.2, 0.25) is 5.91 Å². The molecule has 0 spiro atoms. The van der Waals surface area contributed by atoms with Crippen molar-refractivity contribution in [2.24, 2.45) is 5.92 Å². The lowest BCUT2D eigenvalue weighted by atomic mass is 9.89. The number of benzene rings is 1. The minimum Gasteiger partial charge on any atom is -0.342 e. The first-order valence-electron chi connectivity index (χ1n) is 9.46. The van der Waals surface area contributed by atoms with Gasteiger partial charge in [-0.1, -0.05) is 18.2 Å². The number of carbonyl (C=O) groups excluding carboxylic acids is 2. The van der Waals surface area contributed by atoms with Crippen LogP contribution in [-0.2, 0) is 11.2 Å². The number of rotatable bonds is 6. The molecule has 2 heterocycles. The molecule has 5 nitrogen and oxygen atoms in total. The zero-order valence-electron chi connectivity index (χ0n) is 16.2. The van der Waals surface area contributed by atoms with Crippen molar-refractivity contribution in [3.05, 3.63) is 46.8 Å². The summed E-state index contributed by atoms with van der Waals surface area (Å²) >= 11 is 1.59. The minimum absolute atomic E-state index is 0.103. The maximum atomic E-state index is 13.0. The molecule has 144 valence electrons. The number of amides is 1. The van der Waals surface area contributed by atoms with Gasteiger partial charge in [0, 0.05) is 41.6 Å². The fraction of sp³-hybridized carbons (Fsp3) is 0.476. The zero-order valence-corrected chi connectivity index (χ0v) is 17.1. The number of H-pyrrole nitrogens is 1. The molecular formula is C21H27N3O2S. The Balaban J connectivity index is 1.63. The minimum atomic E-state index is -0.103. The van der Waals surface area contributed by atoms with Crippen molar-refractivity contribution in [1.82, 2.24) is 15.1 Å². The third-order valence-corrected chi connectivity index (χ3v) is 6.18. The number of Topliss-reactive ketones (excluding diaryl/α,β-unsaturated/α-hetero) is 1. The van der Waals surface area contributed by atoms with Crippen LogP contribution in [0.3, 0.4) is 0 Å². The lowest BCUT2D eigenvalue weighted by Crippen LogP contribution is -2.42. The van der Waals surface area contributed by atoms with Crippen molar-refractivity contribution in [3.63, 3.8) is 0 Å². The molecule has 1 amide bonds. The normalized spacial score (nSPS) is 17.1. The number of piperidine rings is 1. The van der Waals surface area contributed by atoms with Gasteiger partial charge in [0.25, 0.3) is 0 Å². The molecule has 1 N–H and O–H groups in total. The van der Waals surface area contributed by atoms with E-state index >= 15 is 0 Å². The summed E-state index contributed by atoms with van der Waals surface area (Å²) in [5, 5.41) is 7.16. The Labute approximate surface area is 164 Å². The monoisotopic (exact) mass is 385 g/mol. The van der Waals surface area contributed by atoms with E-state index in [2.05, 4.69) is 10.2 Å². The van der Waals surface area contributed by atoms with E-state index in [4.69, 9.17) is 0 Å². The number of hydrogen-bond acceptors (Lipinski definition) is 4. The van der Waals surface area contributed by atoms with Gasteiger partial charge < -0.3 is 4.90 Å². The van der Waals surface area contributed by atoms with Gasteiger partial charge in [-0.05, 0) is 51.0 Å². The summed E-state index contributed by atoms with van der Waals surface area (Å²) in [6, 6.07) is 7.76. The Hall–Kier alpha value is -2.08. The van der Waals surface area contributed by atoms with Crippen LogP contribution in [0.2, 0.25) is 0 Å². The average molecular weight is 386 g/mol. The largest absolute Gasteiger partial charge is 0.342 e. The zero-order chi connectivity index (χ0) is 19.4. The van der Waals surface area contributed by atoms with Gasteiger partial charge in [0.1, 0.15) is 0 Å². The molecule has 0 aliphatic carbocycles. The van der Waals surface area contributed by atoms with Crippen LogP contribution < -0.4 is 0 Å². The quantitative estimate of drug-likeness (QED) is 0.607. The average Bonchev–Trinajstić information content (AvgIpc) is 3.03. The highest BCUT2D eigenvalue weighted by atomic mass is 32.2. The van der Waals surface area contributed by atoms with Crippen molar-refractivity contribution in [2.45, 2.75) is 44.4 Å². The number of likely N-dealkylation sites (tertiary alicyclic amines) is 1. The summed E-state index contributed by atoms with van der Waals surface area (Å²) in [6.45, 7) is 5.22. The Morgan fingerprint density at radius 1 is 1.30 bits per heavy atom. The molecule has 0 radical (unpaired) electrons. The molecule has 1 aliphatic heterocycles. The first kappa shape index (κ1) is 19.7. The second-order valence-electron chi connectivity index (χ2n) is 7.16. The third kappa shape index (κ3) is 4.43. The highest BCUT2D eigenvalue weighted by Crippen LogP contribution is 2.27. The van der Waals surface area contributed by atoms with Crippen molar-refractivity contribution >= 4 is 23.5 Å². The summed E-state index contributed by atoms with van der Waals surface area (Å²) in [5.41, 5.74) is 3.90. The van der Waals surface area contributed by atoms with E-state index < -0.39 is 0 Å². The Bertz CT molecular complexity index is 811. The molecule has 1 aromatic carbocycles. The molecule has 1 aromatic heterocycles. The number of ketones is 1. The molecule has 3 rings (SSSR count). The Kier molecular flexibility index (Phi) is 6.37. The first-order valence-corrected chi connectivity index (χ1v) is 10.7. The highest BCUT2D eigenvalue weighted by Gasteiger charge is 2.29. The van der Waals surface area contributed by atoms with Crippen molar-refractivity contribution in [2.75, 3.05) is 19.3 Å².